The molecular formula is C19H30N2O3S. The Morgan fingerprint density at radius 1 is 1.08 bits per heavy atom. The zero-order valence-electron chi connectivity index (χ0n) is 15.7. The van der Waals surface area contributed by atoms with E-state index in [1.165, 1.54) is 4.31 Å². The Morgan fingerprint density at radius 3 is 2.08 bits per heavy atom. The van der Waals surface area contributed by atoms with Gasteiger partial charge in [-0.1, -0.05) is 45.9 Å². The van der Waals surface area contributed by atoms with E-state index in [1.54, 1.807) is 0 Å². The highest BCUT2D eigenvalue weighted by Crippen LogP contribution is 2.32. The van der Waals surface area contributed by atoms with Crippen LogP contribution >= 0.6 is 0 Å². The minimum Gasteiger partial charge on any atom is -0.326 e. The van der Waals surface area contributed by atoms with Crippen LogP contribution in [0, 0.1) is 0 Å². The predicted octanol–water partition coefficient (Wildman–Crippen LogP) is 3.69. The van der Waals surface area contributed by atoms with Crippen LogP contribution in [0.1, 0.15) is 69.9 Å². The Kier molecular flexibility index (Phi) is 6.63. The number of carbonyl (C=O) groups excluding carboxylic acids is 1. The van der Waals surface area contributed by atoms with Crippen molar-refractivity contribution in [2.45, 2.75) is 58.8 Å². The molecule has 1 aliphatic rings. The largest absolute Gasteiger partial charge is 0.326 e. The van der Waals surface area contributed by atoms with Crippen molar-refractivity contribution in [1.82, 2.24) is 4.31 Å². The number of para-hydroxylation sites is 1. The number of amides is 1. The van der Waals surface area contributed by atoms with Crippen LogP contribution in [0.25, 0.3) is 0 Å². The summed E-state index contributed by atoms with van der Waals surface area (Å²) < 4.78 is 26.1. The first-order chi connectivity index (χ1) is 11.7. The molecule has 0 unspecified atom stereocenters. The maximum atomic E-state index is 12.4. The van der Waals surface area contributed by atoms with Crippen molar-refractivity contribution >= 4 is 21.6 Å². The van der Waals surface area contributed by atoms with Gasteiger partial charge in [-0.05, 0) is 35.8 Å². The zero-order valence-corrected chi connectivity index (χ0v) is 16.5. The van der Waals surface area contributed by atoms with Crippen LogP contribution < -0.4 is 5.32 Å². The van der Waals surface area contributed by atoms with E-state index in [-0.39, 0.29) is 29.9 Å². The van der Waals surface area contributed by atoms with Crippen LogP contribution in [0.2, 0.25) is 0 Å². The van der Waals surface area contributed by atoms with E-state index < -0.39 is 10.0 Å². The Labute approximate surface area is 151 Å². The standard InChI is InChI=1S/C19H30N2O3S/c1-14(2)16-8-7-9-17(15(3)4)19(16)20-18(22)10-13-25(23,24)21-11-5-6-12-21/h7-9,14-15H,5-6,10-13H2,1-4H3,(H,20,22). The average Bonchev–Trinajstić information content (AvgIpc) is 3.08. The number of rotatable bonds is 7. The molecule has 0 aliphatic carbocycles. The molecule has 1 aliphatic heterocycles. The molecule has 1 fully saturated rings. The molecular weight excluding hydrogens is 336 g/mol. The molecule has 1 N–H and O–H groups in total. The maximum Gasteiger partial charge on any atom is 0.225 e. The van der Waals surface area contributed by atoms with Gasteiger partial charge in [0.25, 0.3) is 0 Å². The molecule has 0 radical (unpaired) electrons. The molecule has 1 amide bonds. The third-order valence-electron chi connectivity index (χ3n) is 4.68. The van der Waals surface area contributed by atoms with Gasteiger partial charge in [0.1, 0.15) is 0 Å². The van der Waals surface area contributed by atoms with Gasteiger partial charge in [0.2, 0.25) is 15.9 Å². The summed E-state index contributed by atoms with van der Waals surface area (Å²) in [5.41, 5.74) is 3.01. The Hall–Kier alpha value is -1.40. The number of hydrogen-bond donors (Lipinski definition) is 1. The van der Waals surface area contributed by atoms with Crippen LogP contribution in [-0.4, -0.2) is 37.5 Å². The van der Waals surface area contributed by atoms with E-state index in [0.717, 1.165) is 29.7 Å². The Morgan fingerprint density at radius 2 is 1.60 bits per heavy atom. The van der Waals surface area contributed by atoms with E-state index in [0.29, 0.717) is 13.1 Å². The summed E-state index contributed by atoms with van der Waals surface area (Å²) in [7, 11) is -3.33. The van der Waals surface area contributed by atoms with Crippen molar-refractivity contribution in [3.8, 4) is 0 Å². The van der Waals surface area contributed by atoms with Gasteiger partial charge < -0.3 is 5.32 Å². The SMILES string of the molecule is CC(C)c1cccc(C(C)C)c1NC(=O)CCS(=O)(=O)N1CCCC1. The van der Waals surface area contributed by atoms with E-state index in [2.05, 4.69) is 33.0 Å². The molecule has 0 bridgehead atoms. The normalized spacial score (nSPS) is 15.9. The number of benzene rings is 1. The fourth-order valence-corrected chi connectivity index (χ4v) is 4.73. The monoisotopic (exact) mass is 366 g/mol. The van der Waals surface area contributed by atoms with Gasteiger partial charge in [-0.2, -0.15) is 0 Å². The fourth-order valence-electron chi connectivity index (χ4n) is 3.21. The highest BCUT2D eigenvalue weighted by molar-refractivity contribution is 7.89. The first-order valence-electron chi connectivity index (χ1n) is 9.13. The molecule has 5 nitrogen and oxygen atoms in total. The van der Waals surface area contributed by atoms with Crippen molar-refractivity contribution in [1.29, 1.82) is 0 Å². The third-order valence-corrected chi connectivity index (χ3v) is 6.55. The van der Waals surface area contributed by atoms with Crippen LogP contribution in [0.3, 0.4) is 0 Å². The minimum atomic E-state index is -3.33. The maximum absolute atomic E-state index is 12.4. The fraction of sp³-hybridized carbons (Fsp3) is 0.632. The molecule has 6 heteroatoms. The highest BCUT2D eigenvalue weighted by Gasteiger charge is 2.26. The van der Waals surface area contributed by atoms with Gasteiger partial charge in [0.15, 0.2) is 0 Å². The van der Waals surface area contributed by atoms with Crippen LogP contribution in [0.5, 0.6) is 0 Å². The van der Waals surface area contributed by atoms with Crippen LogP contribution in [0.4, 0.5) is 5.69 Å². The second-order valence-corrected chi connectivity index (χ2v) is 9.43. The molecule has 1 aromatic carbocycles. The lowest BCUT2D eigenvalue weighted by Gasteiger charge is -2.20. The van der Waals surface area contributed by atoms with Gasteiger partial charge in [-0.15, -0.1) is 0 Å². The number of carbonyl (C=O) groups is 1. The van der Waals surface area contributed by atoms with Gasteiger partial charge in [-0.3, -0.25) is 4.79 Å². The molecule has 2 rings (SSSR count). The molecule has 0 spiro atoms. The molecule has 1 aromatic rings. The summed E-state index contributed by atoms with van der Waals surface area (Å²) >= 11 is 0. The topological polar surface area (TPSA) is 66.5 Å². The first kappa shape index (κ1) is 19.9. The molecule has 1 heterocycles. The van der Waals surface area contributed by atoms with Crippen molar-refractivity contribution in [2.24, 2.45) is 0 Å². The van der Waals surface area contributed by atoms with Gasteiger partial charge in [0.05, 0.1) is 5.75 Å². The van der Waals surface area contributed by atoms with E-state index in [9.17, 15) is 13.2 Å². The van der Waals surface area contributed by atoms with Gasteiger partial charge in [0, 0.05) is 25.2 Å². The van der Waals surface area contributed by atoms with E-state index in [1.807, 2.05) is 18.2 Å². The summed E-state index contributed by atoms with van der Waals surface area (Å²) in [6, 6.07) is 6.05. The summed E-state index contributed by atoms with van der Waals surface area (Å²) in [6.07, 6.45) is 1.80. The number of nitrogens with zero attached hydrogens (tertiary/aromatic N) is 1. The third kappa shape index (κ3) is 5.05. The van der Waals surface area contributed by atoms with Crippen molar-refractivity contribution in [3.63, 3.8) is 0 Å². The minimum absolute atomic E-state index is 0.0111. The smallest absolute Gasteiger partial charge is 0.225 e. The predicted molar refractivity (Wildman–Crippen MR) is 102 cm³/mol. The second kappa shape index (κ2) is 8.32. The molecule has 140 valence electrons. The molecule has 25 heavy (non-hydrogen) atoms. The summed E-state index contributed by atoms with van der Waals surface area (Å²) in [4.78, 5) is 12.4. The van der Waals surface area contributed by atoms with Crippen LogP contribution in [-0.2, 0) is 14.8 Å². The number of sulfonamides is 1. The van der Waals surface area contributed by atoms with E-state index >= 15 is 0 Å². The van der Waals surface area contributed by atoms with Crippen molar-refractivity contribution in [3.05, 3.63) is 29.3 Å². The number of nitrogens with one attached hydrogen (secondary N) is 1. The Bertz CT molecular complexity index is 679. The lowest BCUT2D eigenvalue weighted by atomic mass is 9.92. The number of anilines is 1. The molecule has 0 atom stereocenters. The Balaban J connectivity index is 2.10. The van der Waals surface area contributed by atoms with Gasteiger partial charge in [-0.25, -0.2) is 12.7 Å². The lowest BCUT2D eigenvalue weighted by molar-refractivity contribution is -0.115. The summed E-state index contributed by atoms with van der Waals surface area (Å²) in [5, 5.41) is 2.98. The highest BCUT2D eigenvalue weighted by atomic mass is 32.2. The van der Waals surface area contributed by atoms with Crippen LogP contribution in [0.15, 0.2) is 18.2 Å². The second-order valence-electron chi connectivity index (χ2n) is 7.34. The first-order valence-corrected chi connectivity index (χ1v) is 10.7. The average molecular weight is 367 g/mol. The lowest BCUT2D eigenvalue weighted by Crippen LogP contribution is -2.31. The zero-order chi connectivity index (χ0) is 18.6. The van der Waals surface area contributed by atoms with Crippen molar-refractivity contribution in [2.75, 3.05) is 24.2 Å². The summed E-state index contributed by atoms with van der Waals surface area (Å²) in [6.45, 7) is 9.52. The molecule has 0 saturated carbocycles. The van der Waals surface area contributed by atoms with Gasteiger partial charge >= 0.3 is 0 Å². The molecule has 0 aromatic heterocycles. The van der Waals surface area contributed by atoms with Crippen molar-refractivity contribution < 1.29 is 13.2 Å². The quantitative estimate of drug-likeness (QED) is 0.800. The number of hydrogen-bond acceptors (Lipinski definition) is 3. The molecule has 1 saturated heterocycles. The summed E-state index contributed by atoms with van der Waals surface area (Å²) in [5.74, 6) is 0.196. The van der Waals surface area contributed by atoms with E-state index in [4.69, 9.17) is 0 Å².